The fourth-order valence-electron chi connectivity index (χ4n) is 4.19. The Hall–Kier alpha value is -2.73. The highest BCUT2D eigenvalue weighted by Crippen LogP contribution is 2.32. The van der Waals surface area contributed by atoms with E-state index in [0.717, 1.165) is 29.7 Å². The molecule has 0 saturated carbocycles. The number of imidazole rings is 1. The number of aryl methyl sites for hydroxylation is 1. The van der Waals surface area contributed by atoms with E-state index in [1.54, 1.807) is 13.1 Å². The number of hydrogen-bond acceptors (Lipinski definition) is 4. The molecular formula is C25H35N5O. The number of aromatic nitrogens is 3. The van der Waals surface area contributed by atoms with E-state index in [9.17, 15) is 4.79 Å². The summed E-state index contributed by atoms with van der Waals surface area (Å²) in [5, 5.41) is 2.67. The number of H-pyrrole nitrogens is 1. The van der Waals surface area contributed by atoms with Gasteiger partial charge in [0.2, 0.25) is 0 Å². The number of para-hydroxylation sites is 1. The second-order valence-corrected chi connectivity index (χ2v) is 8.19. The lowest BCUT2D eigenvalue weighted by Gasteiger charge is -2.31. The van der Waals surface area contributed by atoms with E-state index in [1.165, 1.54) is 36.9 Å². The Morgan fingerprint density at radius 1 is 1.23 bits per heavy atom. The zero-order valence-electron chi connectivity index (χ0n) is 19.2. The molecule has 1 aromatic carbocycles. The Morgan fingerprint density at radius 2 is 2.03 bits per heavy atom. The molecule has 0 aliphatic heterocycles. The van der Waals surface area contributed by atoms with Gasteiger partial charge in [0, 0.05) is 13.2 Å². The average molecular weight is 422 g/mol. The van der Waals surface area contributed by atoms with Gasteiger partial charge in [-0.1, -0.05) is 45.2 Å². The van der Waals surface area contributed by atoms with Gasteiger partial charge in [-0.2, -0.15) is 0 Å². The second kappa shape index (κ2) is 11.0. The molecule has 6 heteroatoms. The first-order valence-electron chi connectivity index (χ1n) is 11.4. The Kier molecular flexibility index (Phi) is 8.18. The first-order valence-corrected chi connectivity index (χ1v) is 11.4. The SMILES string of the molecule is CCCCC.CNC(=O)c1cccc2[nH]c(CN(C)C3CCCc4cccnc43)nc12. The van der Waals surface area contributed by atoms with Crippen LogP contribution >= 0.6 is 0 Å². The van der Waals surface area contributed by atoms with E-state index in [4.69, 9.17) is 4.98 Å². The number of unbranched alkanes of at least 4 members (excludes halogenated alkanes) is 2. The van der Waals surface area contributed by atoms with E-state index in [1.807, 2.05) is 24.4 Å². The van der Waals surface area contributed by atoms with Crippen molar-refractivity contribution in [2.75, 3.05) is 14.1 Å². The van der Waals surface area contributed by atoms with E-state index >= 15 is 0 Å². The third-order valence-corrected chi connectivity index (χ3v) is 5.84. The summed E-state index contributed by atoms with van der Waals surface area (Å²) in [5.41, 5.74) is 4.74. The minimum absolute atomic E-state index is 0.118. The number of aromatic amines is 1. The molecule has 0 fully saturated rings. The average Bonchev–Trinajstić information content (AvgIpc) is 3.21. The van der Waals surface area contributed by atoms with Crippen molar-refractivity contribution in [3.05, 3.63) is 59.2 Å². The van der Waals surface area contributed by atoms with E-state index in [0.29, 0.717) is 18.2 Å². The molecule has 0 radical (unpaired) electrons. The zero-order chi connectivity index (χ0) is 22.2. The highest BCUT2D eigenvalue weighted by atomic mass is 16.1. The molecule has 1 unspecified atom stereocenters. The molecule has 2 aromatic heterocycles. The molecule has 1 aliphatic carbocycles. The number of benzene rings is 1. The molecule has 6 nitrogen and oxygen atoms in total. The summed E-state index contributed by atoms with van der Waals surface area (Å²) in [7, 11) is 3.75. The van der Waals surface area contributed by atoms with Crippen LogP contribution in [0, 0.1) is 0 Å². The van der Waals surface area contributed by atoms with Crippen LogP contribution in [0.15, 0.2) is 36.5 Å². The maximum absolute atomic E-state index is 12.1. The van der Waals surface area contributed by atoms with Crippen LogP contribution < -0.4 is 5.32 Å². The normalized spacial score (nSPS) is 15.3. The van der Waals surface area contributed by atoms with Gasteiger partial charge in [0.1, 0.15) is 11.3 Å². The van der Waals surface area contributed by atoms with Crippen LogP contribution in [0.3, 0.4) is 0 Å². The minimum atomic E-state index is -0.118. The molecule has 4 rings (SSSR count). The first-order chi connectivity index (χ1) is 15.1. The van der Waals surface area contributed by atoms with Gasteiger partial charge in [-0.05, 0) is 50.1 Å². The third-order valence-electron chi connectivity index (χ3n) is 5.84. The summed E-state index contributed by atoms with van der Waals surface area (Å²) >= 11 is 0. The molecule has 31 heavy (non-hydrogen) atoms. The lowest BCUT2D eigenvalue weighted by molar-refractivity contribution is 0.0964. The van der Waals surface area contributed by atoms with Crippen LogP contribution in [-0.4, -0.2) is 39.9 Å². The fraction of sp³-hybridized carbons (Fsp3) is 0.480. The maximum Gasteiger partial charge on any atom is 0.253 e. The van der Waals surface area contributed by atoms with Gasteiger partial charge in [0.25, 0.3) is 5.91 Å². The molecular weight excluding hydrogens is 386 g/mol. The number of nitrogens with zero attached hydrogens (tertiary/aromatic N) is 3. The van der Waals surface area contributed by atoms with Crippen LogP contribution in [-0.2, 0) is 13.0 Å². The van der Waals surface area contributed by atoms with E-state index in [2.05, 4.69) is 47.1 Å². The Balaban J connectivity index is 0.000000491. The van der Waals surface area contributed by atoms with Crippen molar-refractivity contribution in [3.63, 3.8) is 0 Å². The molecule has 0 saturated heterocycles. The van der Waals surface area contributed by atoms with Gasteiger partial charge in [-0.3, -0.25) is 14.7 Å². The zero-order valence-corrected chi connectivity index (χ0v) is 19.2. The van der Waals surface area contributed by atoms with Crippen molar-refractivity contribution >= 4 is 16.9 Å². The van der Waals surface area contributed by atoms with Gasteiger partial charge in [-0.25, -0.2) is 4.98 Å². The molecule has 2 N–H and O–H groups in total. The van der Waals surface area contributed by atoms with Crippen molar-refractivity contribution in [3.8, 4) is 0 Å². The van der Waals surface area contributed by atoms with E-state index in [-0.39, 0.29) is 5.91 Å². The predicted molar refractivity (Wildman–Crippen MR) is 126 cm³/mol. The molecule has 166 valence electrons. The largest absolute Gasteiger partial charge is 0.355 e. The molecule has 2 heterocycles. The van der Waals surface area contributed by atoms with Crippen molar-refractivity contribution in [2.45, 2.75) is 65.0 Å². The third kappa shape index (κ3) is 5.50. The summed E-state index contributed by atoms with van der Waals surface area (Å²) in [6, 6.07) is 10.1. The van der Waals surface area contributed by atoms with Gasteiger partial charge in [0.15, 0.2) is 0 Å². The lowest BCUT2D eigenvalue weighted by Crippen LogP contribution is -2.28. The standard InChI is InChI=1S/C20H23N5O.C5H12/c1-21-20(26)14-8-4-9-15-19(14)24-17(23-15)12-25(2)16-10-3-6-13-7-5-11-22-18(13)16;1-3-5-4-2/h4-5,7-9,11,16H,3,6,10,12H2,1-2H3,(H,21,26)(H,23,24);3-5H2,1-2H3. The van der Waals surface area contributed by atoms with Crippen molar-refractivity contribution in [1.29, 1.82) is 0 Å². The van der Waals surface area contributed by atoms with Gasteiger partial charge >= 0.3 is 0 Å². The molecule has 0 bridgehead atoms. The van der Waals surface area contributed by atoms with Crippen LogP contribution in [0.1, 0.15) is 79.4 Å². The van der Waals surface area contributed by atoms with Crippen molar-refractivity contribution in [1.82, 2.24) is 25.2 Å². The first kappa shape index (κ1) is 22.9. The molecule has 3 aromatic rings. The Labute approximate surface area is 185 Å². The summed E-state index contributed by atoms with van der Waals surface area (Å²) in [6.07, 6.45) is 9.33. The van der Waals surface area contributed by atoms with Crippen molar-refractivity contribution in [2.24, 2.45) is 0 Å². The number of nitrogens with one attached hydrogen (secondary N) is 2. The smallest absolute Gasteiger partial charge is 0.253 e. The monoisotopic (exact) mass is 421 g/mol. The van der Waals surface area contributed by atoms with Crippen LogP contribution in [0.2, 0.25) is 0 Å². The highest BCUT2D eigenvalue weighted by Gasteiger charge is 2.25. The number of carbonyl (C=O) groups excluding carboxylic acids is 1. The van der Waals surface area contributed by atoms with Crippen LogP contribution in [0.25, 0.3) is 11.0 Å². The number of pyridine rings is 1. The fourth-order valence-corrected chi connectivity index (χ4v) is 4.19. The summed E-state index contributed by atoms with van der Waals surface area (Å²) in [6.45, 7) is 5.11. The Bertz CT molecular complexity index is 994. The Morgan fingerprint density at radius 3 is 2.74 bits per heavy atom. The lowest BCUT2D eigenvalue weighted by atomic mass is 9.91. The van der Waals surface area contributed by atoms with Gasteiger partial charge < -0.3 is 10.3 Å². The van der Waals surface area contributed by atoms with Crippen LogP contribution in [0.4, 0.5) is 0 Å². The highest BCUT2D eigenvalue weighted by molar-refractivity contribution is 6.04. The number of amides is 1. The topological polar surface area (TPSA) is 73.9 Å². The molecule has 0 spiro atoms. The number of hydrogen-bond donors (Lipinski definition) is 2. The van der Waals surface area contributed by atoms with E-state index < -0.39 is 0 Å². The summed E-state index contributed by atoms with van der Waals surface area (Å²) in [4.78, 5) is 27.0. The number of fused-ring (bicyclic) bond motifs is 2. The molecule has 1 amide bonds. The number of rotatable bonds is 6. The van der Waals surface area contributed by atoms with Gasteiger partial charge in [-0.15, -0.1) is 0 Å². The summed E-state index contributed by atoms with van der Waals surface area (Å²) in [5.74, 6) is 0.745. The maximum atomic E-state index is 12.1. The summed E-state index contributed by atoms with van der Waals surface area (Å²) < 4.78 is 0. The van der Waals surface area contributed by atoms with Crippen molar-refractivity contribution < 1.29 is 4.79 Å². The predicted octanol–water partition coefficient (Wildman–Crippen LogP) is 5.02. The van der Waals surface area contributed by atoms with Crippen LogP contribution in [0.5, 0.6) is 0 Å². The quantitative estimate of drug-likeness (QED) is 0.586. The molecule has 1 atom stereocenters. The minimum Gasteiger partial charge on any atom is -0.355 e. The van der Waals surface area contributed by atoms with Gasteiger partial charge in [0.05, 0.1) is 29.4 Å². The number of carbonyl (C=O) groups is 1. The molecule has 1 aliphatic rings. The second-order valence-electron chi connectivity index (χ2n) is 8.19.